The van der Waals surface area contributed by atoms with Gasteiger partial charge < -0.3 is 8.98 Å². The number of benzene rings is 8. The van der Waals surface area contributed by atoms with E-state index >= 15 is 0 Å². The molecule has 266 valence electrons. The molecule has 0 radical (unpaired) electrons. The topological polar surface area (TPSA) is 56.7 Å². The van der Waals surface area contributed by atoms with Crippen LogP contribution in [-0.2, 0) is 0 Å². The predicted molar refractivity (Wildman–Crippen MR) is 236 cm³/mol. The van der Waals surface area contributed by atoms with Crippen LogP contribution in [0.25, 0.3) is 115 Å². The fourth-order valence-corrected chi connectivity index (χ4v) is 9.60. The van der Waals surface area contributed by atoms with Crippen LogP contribution in [0.5, 0.6) is 0 Å². The zero-order valence-electron chi connectivity index (χ0n) is 30.4. The van der Waals surface area contributed by atoms with E-state index in [2.05, 4.69) is 144 Å². The molecule has 0 amide bonds. The number of thiophene rings is 1. The van der Waals surface area contributed by atoms with Gasteiger partial charge in [0.05, 0.1) is 16.4 Å². The molecule has 0 aliphatic rings. The van der Waals surface area contributed by atoms with Gasteiger partial charge in [0.25, 0.3) is 0 Å². The number of hydrogen-bond acceptors (Lipinski definition) is 5. The van der Waals surface area contributed by atoms with Crippen LogP contribution in [0.3, 0.4) is 0 Å². The molecule has 0 aliphatic heterocycles. The van der Waals surface area contributed by atoms with E-state index in [-0.39, 0.29) is 0 Å². The van der Waals surface area contributed by atoms with Gasteiger partial charge in [-0.2, -0.15) is 0 Å². The van der Waals surface area contributed by atoms with Crippen molar-refractivity contribution in [3.05, 3.63) is 182 Å². The zero-order chi connectivity index (χ0) is 37.5. The summed E-state index contributed by atoms with van der Waals surface area (Å²) in [7, 11) is 0. The molecule has 0 fully saturated rings. The van der Waals surface area contributed by atoms with E-state index in [1.54, 1.807) is 11.3 Å². The summed E-state index contributed by atoms with van der Waals surface area (Å²) in [5.74, 6) is 1.93. The molecule has 4 aromatic heterocycles. The molecule has 0 bridgehead atoms. The van der Waals surface area contributed by atoms with E-state index in [1.807, 2.05) is 42.5 Å². The third kappa shape index (κ3) is 5.04. The average molecular weight is 747 g/mol. The molecule has 12 aromatic rings. The second-order valence-electron chi connectivity index (χ2n) is 14.4. The van der Waals surface area contributed by atoms with Gasteiger partial charge in [-0.3, -0.25) is 0 Å². The van der Waals surface area contributed by atoms with Crippen LogP contribution < -0.4 is 0 Å². The van der Waals surface area contributed by atoms with Crippen LogP contribution in [-0.4, -0.2) is 19.5 Å². The summed E-state index contributed by atoms with van der Waals surface area (Å²) < 4.78 is 11.4. The van der Waals surface area contributed by atoms with Crippen molar-refractivity contribution in [2.75, 3.05) is 0 Å². The zero-order valence-corrected chi connectivity index (χ0v) is 31.2. The van der Waals surface area contributed by atoms with Crippen molar-refractivity contribution in [3.8, 4) is 51.0 Å². The van der Waals surface area contributed by atoms with Crippen LogP contribution in [0.2, 0.25) is 0 Å². The van der Waals surface area contributed by atoms with Crippen LogP contribution in [0.1, 0.15) is 0 Å². The van der Waals surface area contributed by atoms with Gasteiger partial charge in [0.15, 0.2) is 17.5 Å². The average Bonchev–Trinajstić information content (AvgIpc) is 3.96. The first-order chi connectivity index (χ1) is 28.2. The first-order valence-electron chi connectivity index (χ1n) is 19.0. The standard InChI is InChI=1S/C51H30N4OS/c1-4-14-31(15-5-1)49-52-50(32-16-6-2-7-17-32)54-51(53-49)41-30-34(29-39-37-21-11-13-23-45(37)57-48(39)41)33-24-26-42-40(28-33)46-43(55(42)35-18-8-3-9-19-35)27-25-38-36-20-10-12-22-44(36)56-47(38)46/h1-30H. The maximum absolute atomic E-state index is 6.70. The Morgan fingerprint density at radius 3 is 1.79 bits per heavy atom. The van der Waals surface area contributed by atoms with Gasteiger partial charge in [-0.05, 0) is 71.8 Å². The Bertz CT molecular complexity index is 3460. The molecule has 57 heavy (non-hydrogen) atoms. The van der Waals surface area contributed by atoms with Crippen molar-refractivity contribution in [2.24, 2.45) is 0 Å². The Morgan fingerprint density at radius 1 is 0.421 bits per heavy atom. The lowest BCUT2D eigenvalue weighted by Gasteiger charge is -2.12. The number of fused-ring (bicyclic) bond motifs is 10. The third-order valence-electron chi connectivity index (χ3n) is 11.0. The highest BCUT2D eigenvalue weighted by Gasteiger charge is 2.22. The molecule has 0 saturated carbocycles. The Hall–Kier alpha value is -7.41. The van der Waals surface area contributed by atoms with Gasteiger partial charge in [-0.15, -0.1) is 11.3 Å². The van der Waals surface area contributed by atoms with Crippen LogP contribution >= 0.6 is 11.3 Å². The van der Waals surface area contributed by atoms with Crippen molar-refractivity contribution >= 4 is 75.3 Å². The van der Waals surface area contributed by atoms with Crippen molar-refractivity contribution in [3.63, 3.8) is 0 Å². The first-order valence-corrected chi connectivity index (χ1v) is 19.8. The Morgan fingerprint density at radius 2 is 1.04 bits per heavy atom. The van der Waals surface area contributed by atoms with E-state index in [0.717, 1.165) is 81.9 Å². The molecule has 8 aromatic carbocycles. The Labute approximate surface area is 330 Å². The molecule has 6 heteroatoms. The lowest BCUT2D eigenvalue weighted by atomic mass is 9.97. The highest BCUT2D eigenvalue weighted by molar-refractivity contribution is 7.26. The Kier molecular flexibility index (Phi) is 7.03. The maximum atomic E-state index is 6.70. The van der Waals surface area contributed by atoms with Crippen molar-refractivity contribution in [1.82, 2.24) is 19.5 Å². The van der Waals surface area contributed by atoms with Crippen molar-refractivity contribution in [1.29, 1.82) is 0 Å². The fourth-order valence-electron chi connectivity index (χ4n) is 8.41. The summed E-state index contributed by atoms with van der Waals surface area (Å²) >= 11 is 1.78. The normalized spacial score (nSPS) is 11.9. The number of para-hydroxylation sites is 2. The number of rotatable bonds is 5. The van der Waals surface area contributed by atoms with Gasteiger partial charge in [0.1, 0.15) is 11.2 Å². The van der Waals surface area contributed by atoms with Gasteiger partial charge in [0.2, 0.25) is 0 Å². The molecule has 0 unspecified atom stereocenters. The van der Waals surface area contributed by atoms with Crippen LogP contribution in [0, 0.1) is 0 Å². The van der Waals surface area contributed by atoms with Gasteiger partial charge in [-0.25, -0.2) is 15.0 Å². The third-order valence-corrected chi connectivity index (χ3v) is 12.3. The lowest BCUT2D eigenvalue weighted by Crippen LogP contribution is -2.00. The molecule has 4 heterocycles. The summed E-state index contributed by atoms with van der Waals surface area (Å²) in [6.07, 6.45) is 0. The van der Waals surface area contributed by atoms with E-state index in [9.17, 15) is 0 Å². The highest BCUT2D eigenvalue weighted by Crippen LogP contribution is 2.45. The SMILES string of the molecule is c1ccc(-c2nc(-c3ccccc3)nc(-c3cc(-c4ccc5c(c4)c4c6oc7ccccc7c6ccc4n5-c4ccccc4)cc4c3sc3ccccc34)n2)cc1. The molecule has 5 nitrogen and oxygen atoms in total. The van der Waals surface area contributed by atoms with Crippen LogP contribution in [0.4, 0.5) is 0 Å². The summed E-state index contributed by atoms with van der Waals surface area (Å²) in [6.45, 7) is 0. The number of aromatic nitrogens is 4. The summed E-state index contributed by atoms with van der Waals surface area (Å²) in [5.41, 5.74) is 10.2. The monoisotopic (exact) mass is 746 g/mol. The predicted octanol–water partition coefficient (Wildman–Crippen LogP) is 13.9. The summed E-state index contributed by atoms with van der Waals surface area (Å²) in [6, 6.07) is 63.8. The second kappa shape index (κ2) is 12.6. The van der Waals surface area contributed by atoms with E-state index in [0.29, 0.717) is 17.5 Å². The summed E-state index contributed by atoms with van der Waals surface area (Å²) in [4.78, 5) is 15.4. The molecule has 0 aliphatic carbocycles. The number of hydrogen-bond donors (Lipinski definition) is 0. The molecule has 0 N–H and O–H groups in total. The van der Waals surface area contributed by atoms with E-state index < -0.39 is 0 Å². The van der Waals surface area contributed by atoms with Crippen LogP contribution in [0.15, 0.2) is 186 Å². The molecule has 12 rings (SSSR count). The van der Waals surface area contributed by atoms with Gasteiger partial charge in [0, 0.05) is 58.7 Å². The lowest BCUT2D eigenvalue weighted by molar-refractivity contribution is 0.673. The van der Waals surface area contributed by atoms with E-state index in [4.69, 9.17) is 19.4 Å². The fraction of sp³-hybridized carbons (Fsp3) is 0. The first kappa shape index (κ1) is 31.9. The molecule has 0 saturated heterocycles. The summed E-state index contributed by atoms with van der Waals surface area (Å²) in [5, 5.41) is 6.86. The highest BCUT2D eigenvalue weighted by atomic mass is 32.1. The van der Waals surface area contributed by atoms with E-state index in [1.165, 1.54) is 15.5 Å². The quantitative estimate of drug-likeness (QED) is 0.176. The second-order valence-corrected chi connectivity index (χ2v) is 15.4. The number of nitrogens with zero attached hydrogens (tertiary/aromatic N) is 4. The van der Waals surface area contributed by atoms with Crippen molar-refractivity contribution in [2.45, 2.75) is 0 Å². The maximum Gasteiger partial charge on any atom is 0.165 e. The largest absolute Gasteiger partial charge is 0.455 e. The molecule has 0 atom stereocenters. The number of furan rings is 1. The molecular weight excluding hydrogens is 717 g/mol. The minimum Gasteiger partial charge on any atom is -0.455 e. The molecular formula is C51H30N4OS. The molecule has 0 spiro atoms. The Balaban J connectivity index is 1.15. The minimum atomic E-state index is 0.643. The van der Waals surface area contributed by atoms with Crippen molar-refractivity contribution < 1.29 is 4.42 Å². The van der Waals surface area contributed by atoms with Gasteiger partial charge in [-0.1, -0.05) is 121 Å². The smallest absolute Gasteiger partial charge is 0.165 e. The minimum absolute atomic E-state index is 0.643. The van der Waals surface area contributed by atoms with Gasteiger partial charge >= 0.3 is 0 Å².